The maximum atomic E-state index is 14.1. The number of carbonyl (C=O) groups excluding carboxylic acids is 1. The summed E-state index contributed by atoms with van der Waals surface area (Å²) in [5.41, 5.74) is 6.69. The van der Waals surface area contributed by atoms with E-state index in [1.54, 1.807) is 24.3 Å². The zero-order valence-electron chi connectivity index (χ0n) is 18.7. The maximum absolute atomic E-state index is 14.1. The molecule has 0 aliphatic heterocycles. The Morgan fingerprint density at radius 3 is 2.57 bits per heavy atom. The number of fused-ring (bicyclic) bond motifs is 1. The summed E-state index contributed by atoms with van der Waals surface area (Å²) in [5, 5.41) is 9.95. The lowest BCUT2D eigenvalue weighted by Gasteiger charge is -2.28. The van der Waals surface area contributed by atoms with Crippen molar-refractivity contribution in [2.24, 2.45) is 5.73 Å². The van der Waals surface area contributed by atoms with Crippen LogP contribution in [0.3, 0.4) is 0 Å². The van der Waals surface area contributed by atoms with Gasteiger partial charge in [-0.1, -0.05) is 12.1 Å². The molecule has 0 spiro atoms. The van der Waals surface area contributed by atoms with Crippen LogP contribution in [0.1, 0.15) is 42.1 Å². The maximum Gasteiger partial charge on any atom is 0.337 e. The van der Waals surface area contributed by atoms with Crippen LogP contribution in [-0.2, 0) is 0 Å². The Kier molecular flexibility index (Phi) is 5.78. The van der Waals surface area contributed by atoms with E-state index in [0.29, 0.717) is 54.3 Å². The smallest absolute Gasteiger partial charge is 0.337 e. The summed E-state index contributed by atoms with van der Waals surface area (Å²) >= 11 is 0. The molecule has 0 bridgehead atoms. The molecule has 8 nitrogen and oxygen atoms in total. The minimum Gasteiger partial charge on any atom is -0.508 e. The first-order valence-electron chi connectivity index (χ1n) is 11.3. The second kappa shape index (κ2) is 8.92. The van der Waals surface area contributed by atoms with Crippen LogP contribution in [0.2, 0.25) is 0 Å². The molecule has 35 heavy (non-hydrogen) atoms. The summed E-state index contributed by atoms with van der Waals surface area (Å²) in [6, 6.07) is 11.9. The highest BCUT2D eigenvalue weighted by molar-refractivity contribution is 5.88. The van der Waals surface area contributed by atoms with Crippen molar-refractivity contribution >= 4 is 17.3 Å². The van der Waals surface area contributed by atoms with Crippen LogP contribution in [0.25, 0.3) is 27.8 Å². The molecule has 3 N–H and O–H groups in total. The van der Waals surface area contributed by atoms with Crippen LogP contribution < -0.4 is 17.0 Å². The van der Waals surface area contributed by atoms with E-state index in [-0.39, 0.29) is 28.9 Å². The predicted molar refractivity (Wildman–Crippen MR) is 130 cm³/mol. The fourth-order valence-electron chi connectivity index (χ4n) is 4.81. The number of carbonyl (C=O) groups is 1. The highest BCUT2D eigenvalue weighted by Crippen LogP contribution is 2.29. The van der Waals surface area contributed by atoms with Crippen LogP contribution in [0, 0.1) is 5.82 Å². The third-order valence-corrected chi connectivity index (χ3v) is 6.58. The minimum atomic E-state index is -0.679. The van der Waals surface area contributed by atoms with Crippen molar-refractivity contribution in [3.05, 3.63) is 86.9 Å². The van der Waals surface area contributed by atoms with Gasteiger partial charge in [0.25, 0.3) is 5.56 Å². The van der Waals surface area contributed by atoms with Crippen molar-refractivity contribution in [2.45, 2.75) is 37.8 Å². The van der Waals surface area contributed by atoms with Crippen molar-refractivity contribution in [3.8, 4) is 22.6 Å². The number of aromatic hydroxyl groups is 1. The molecule has 1 aliphatic carbocycles. The average Bonchev–Trinajstić information content (AvgIpc) is 2.86. The number of phenols is 1. The van der Waals surface area contributed by atoms with Crippen molar-refractivity contribution < 1.29 is 14.3 Å². The molecule has 0 radical (unpaired) electrons. The average molecular weight is 474 g/mol. The fraction of sp³-hybridized carbons (Fsp3) is 0.231. The molecule has 1 fully saturated rings. The first-order valence-corrected chi connectivity index (χ1v) is 11.3. The quantitative estimate of drug-likeness (QED) is 0.438. The molecule has 2 aromatic heterocycles. The Labute approximate surface area is 199 Å². The van der Waals surface area contributed by atoms with Gasteiger partial charge in [-0.25, -0.2) is 18.7 Å². The number of nitrogens with two attached hydrogens (primary N) is 1. The molecule has 9 heteroatoms. The number of rotatable bonds is 4. The summed E-state index contributed by atoms with van der Waals surface area (Å²) in [6.45, 7) is 0. The van der Waals surface area contributed by atoms with Gasteiger partial charge in [0.15, 0.2) is 11.9 Å². The van der Waals surface area contributed by atoms with Gasteiger partial charge < -0.3 is 10.8 Å². The summed E-state index contributed by atoms with van der Waals surface area (Å²) in [7, 11) is 0. The fourth-order valence-corrected chi connectivity index (χ4v) is 4.81. The molecule has 2 heterocycles. The van der Waals surface area contributed by atoms with Crippen molar-refractivity contribution in [1.29, 1.82) is 0 Å². The summed E-state index contributed by atoms with van der Waals surface area (Å²) < 4.78 is 16.6. The molecule has 0 amide bonds. The Morgan fingerprint density at radius 1 is 1.06 bits per heavy atom. The van der Waals surface area contributed by atoms with Gasteiger partial charge in [0.05, 0.1) is 17.3 Å². The highest BCUT2D eigenvalue weighted by Gasteiger charge is 2.26. The van der Waals surface area contributed by atoms with Crippen LogP contribution in [0.5, 0.6) is 5.75 Å². The molecule has 1 saturated carbocycles. The topological polar surface area (TPSA) is 120 Å². The normalized spacial score (nSPS) is 18.0. The highest BCUT2D eigenvalue weighted by atomic mass is 19.1. The van der Waals surface area contributed by atoms with E-state index in [1.807, 2.05) is 0 Å². The van der Waals surface area contributed by atoms with E-state index >= 15 is 0 Å². The van der Waals surface area contributed by atoms with Crippen LogP contribution in [0.4, 0.5) is 4.39 Å². The van der Waals surface area contributed by atoms with Gasteiger partial charge in [-0.05, 0) is 73.2 Å². The van der Waals surface area contributed by atoms with Crippen molar-refractivity contribution in [3.63, 3.8) is 0 Å². The lowest BCUT2D eigenvalue weighted by atomic mass is 9.91. The zero-order valence-corrected chi connectivity index (χ0v) is 18.7. The van der Waals surface area contributed by atoms with Gasteiger partial charge in [0.2, 0.25) is 0 Å². The lowest BCUT2D eigenvalue weighted by molar-refractivity contribution is 0.112. The van der Waals surface area contributed by atoms with Gasteiger partial charge in [0, 0.05) is 17.6 Å². The molecule has 1 aliphatic rings. The number of hydrogen-bond donors (Lipinski definition) is 2. The number of pyridine rings is 1. The van der Waals surface area contributed by atoms with Gasteiger partial charge in [-0.2, -0.15) is 0 Å². The zero-order chi connectivity index (χ0) is 24.7. The number of phenolic OH excluding ortho intramolecular Hbond substituents is 1. The van der Waals surface area contributed by atoms with Gasteiger partial charge >= 0.3 is 5.69 Å². The van der Waals surface area contributed by atoms with E-state index in [2.05, 4.69) is 4.98 Å². The molecule has 178 valence electrons. The summed E-state index contributed by atoms with van der Waals surface area (Å²) in [4.78, 5) is 42.7. The molecule has 0 unspecified atom stereocenters. The number of aromatic nitrogens is 3. The van der Waals surface area contributed by atoms with Gasteiger partial charge in [0.1, 0.15) is 11.6 Å². The summed E-state index contributed by atoms with van der Waals surface area (Å²) in [6.07, 6.45) is 4.13. The van der Waals surface area contributed by atoms with Crippen LogP contribution >= 0.6 is 0 Å². The molecule has 4 aromatic rings. The molecule has 0 atom stereocenters. The van der Waals surface area contributed by atoms with E-state index in [0.717, 1.165) is 12.3 Å². The minimum absolute atomic E-state index is 0.00388. The number of aldehydes is 1. The van der Waals surface area contributed by atoms with Gasteiger partial charge in [-0.3, -0.25) is 14.2 Å². The molecule has 5 rings (SSSR count). The molecular weight excluding hydrogens is 451 g/mol. The van der Waals surface area contributed by atoms with Crippen LogP contribution in [-0.4, -0.2) is 31.6 Å². The lowest BCUT2D eigenvalue weighted by Crippen LogP contribution is -2.44. The molecular formula is C26H23FN4O4. The second-order valence-electron chi connectivity index (χ2n) is 8.83. The largest absolute Gasteiger partial charge is 0.508 e. The predicted octanol–water partition coefficient (Wildman–Crippen LogP) is 3.31. The van der Waals surface area contributed by atoms with E-state index in [4.69, 9.17) is 5.73 Å². The number of halogens is 1. The SMILES string of the molecule is N[C@H]1CC[C@H](n2c(=O)c3cc(F)cnc3n(-c3cccc(-c4cc(O)ccc4C=O)c3)c2=O)CC1. The van der Waals surface area contributed by atoms with E-state index in [1.165, 1.54) is 27.3 Å². The first kappa shape index (κ1) is 22.7. The Morgan fingerprint density at radius 2 is 1.83 bits per heavy atom. The third kappa shape index (κ3) is 4.04. The Balaban J connectivity index is 1.77. The van der Waals surface area contributed by atoms with Crippen molar-refractivity contribution in [2.75, 3.05) is 0 Å². The third-order valence-electron chi connectivity index (χ3n) is 6.58. The standard InChI is InChI=1S/C26H23FN4O4/c27-17-11-23-24(29-13-17)30(26(35)31(25(23)34)19-7-5-18(28)6-8-19)20-3-1-2-15(10-20)22-12-21(33)9-4-16(22)14-32/h1-4,9-14,18-19,33H,5-8,28H2/t18-,19-. The second-order valence-corrected chi connectivity index (χ2v) is 8.83. The number of nitrogens with zero attached hydrogens (tertiary/aromatic N) is 3. The van der Waals surface area contributed by atoms with Crippen LogP contribution in [0.15, 0.2) is 64.3 Å². The molecule has 0 saturated heterocycles. The summed E-state index contributed by atoms with van der Waals surface area (Å²) in [5.74, 6) is -0.694. The first-order chi connectivity index (χ1) is 16.9. The monoisotopic (exact) mass is 474 g/mol. The Hall–Kier alpha value is -4.11. The van der Waals surface area contributed by atoms with Crippen molar-refractivity contribution in [1.82, 2.24) is 14.1 Å². The van der Waals surface area contributed by atoms with E-state index < -0.39 is 17.1 Å². The number of benzene rings is 2. The van der Waals surface area contributed by atoms with E-state index in [9.17, 15) is 23.9 Å². The number of hydrogen-bond acceptors (Lipinski definition) is 6. The van der Waals surface area contributed by atoms with Gasteiger partial charge in [-0.15, -0.1) is 0 Å². The Bertz CT molecular complexity index is 1570. The molecule has 2 aromatic carbocycles.